The van der Waals surface area contributed by atoms with Crippen LogP contribution in [0.5, 0.6) is 0 Å². The second-order valence-electron chi connectivity index (χ2n) is 2.63. The third-order valence-corrected chi connectivity index (χ3v) is 2.18. The summed E-state index contributed by atoms with van der Waals surface area (Å²) in [6, 6.07) is 7.89. The van der Waals surface area contributed by atoms with E-state index in [0.717, 1.165) is 0 Å². The van der Waals surface area contributed by atoms with Gasteiger partial charge in [0.15, 0.2) is 0 Å². The zero-order valence-electron chi connectivity index (χ0n) is 7.98. The molecule has 16 heavy (non-hydrogen) atoms. The molecular formula is C8H10F3NO3S. The third kappa shape index (κ3) is 7.21. The predicted octanol–water partition coefficient (Wildman–Crippen LogP) is 0.875. The fourth-order valence-corrected chi connectivity index (χ4v) is 1.15. The van der Waals surface area contributed by atoms with Gasteiger partial charge in [-0.05, 0) is 12.1 Å². The van der Waals surface area contributed by atoms with Crippen LogP contribution in [0.3, 0.4) is 0 Å². The van der Waals surface area contributed by atoms with Gasteiger partial charge in [0.2, 0.25) is 10.0 Å². The van der Waals surface area contributed by atoms with Crippen LogP contribution >= 0.6 is 0 Å². The highest BCUT2D eigenvalue weighted by atomic mass is 32.2. The molecular weight excluding hydrogens is 247 g/mol. The molecule has 0 atom stereocenters. The van der Waals surface area contributed by atoms with Crippen LogP contribution in [0.2, 0.25) is 0 Å². The molecule has 4 nitrogen and oxygen atoms in total. The Morgan fingerprint density at radius 1 is 1.19 bits per heavy atom. The van der Waals surface area contributed by atoms with Crippen molar-refractivity contribution in [1.82, 2.24) is 0 Å². The number of benzene rings is 1. The van der Waals surface area contributed by atoms with Gasteiger partial charge < -0.3 is 5.11 Å². The number of hydrogen-bond donors (Lipinski definition) is 2. The van der Waals surface area contributed by atoms with Crippen molar-refractivity contribution in [2.75, 3.05) is 6.61 Å². The molecule has 0 spiro atoms. The van der Waals surface area contributed by atoms with Crippen LogP contribution in [0, 0.1) is 0 Å². The second-order valence-corrected chi connectivity index (χ2v) is 4.19. The Hall–Kier alpha value is -1.12. The van der Waals surface area contributed by atoms with Crippen LogP contribution < -0.4 is 5.14 Å². The van der Waals surface area contributed by atoms with Gasteiger partial charge in [0.05, 0.1) is 4.90 Å². The van der Waals surface area contributed by atoms with Gasteiger partial charge in [0.1, 0.15) is 6.61 Å². The molecule has 1 aromatic carbocycles. The number of hydrogen-bond acceptors (Lipinski definition) is 3. The number of aliphatic hydroxyl groups is 1. The summed E-state index contributed by atoms with van der Waals surface area (Å²) < 4.78 is 52.8. The van der Waals surface area contributed by atoms with Crippen LogP contribution in [0.25, 0.3) is 0 Å². The lowest BCUT2D eigenvalue weighted by atomic mass is 10.4. The summed E-state index contributed by atoms with van der Waals surface area (Å²) in [4.78, 5) is 0.148. The maximum absolute atomic E-state index is 10.6. The Balaban J connectivity index is 0.000000325. The Morgan fingerprint density at radius 2 is 1.56 bits per heavy atom. The fourth-order valence-electron chi connectivity index (χ4n) is 0.610. The van der Waals surface area contributed by atoms with Crippen molar-refractivity contribution in [3.05, 3.63) is 30.3 Å². The predicted molar refractivity (Wildman–Crippen MR) is 51.0 cm³/mol. The van der Waals surface area contributed by atoms with E-state index in [9.17, 15) is 21.6 Å². The summed E-state index contributed by atoms with van der Waals surface area (Å²) in [5.41, 5.74) is 0. The average Bonchev–Trinajstić information content (AvgIpc) is 2.18. The summed E-state index contributed by atoms with van der Waals surface area (Å²) in [6.07, 6.45) is -4.40. The van der Waals surface area contributed by atoms with E-state index in [0.29, 0.717) is 0 Å². The van der Waals surface area contributed by atoms with Crippen molar-refractivity contribution in [3.8, 4) is 0 Å². The van der Waals surface area contributed by atoms with Gasteiger partial charge in [0, 0.05) is 0 Å². The van der Waals surface area contributed by atoms with Gasteiger partial charge in [-0.1, -0.05) is 18.2 Å². The highest BCUT2D eigenvalue weighted by Gasteiger charge is 2.24. The van der Waals surface area contributed by atoms with E-state index in [4.69, 9.17) is 10.2 Å². The van der Waals surface area contributed by atoms with Crippen LogP contribution in [0.1, 0.15) is 0 Å². The molecule has 1 rings (SSSR count). The third-order valence-electron chi connectivity index (χ3n) is 1.25. The molecule has 0 aliphatic rings. The highest BCUT2D eigenvalue weighted by Crippen LogP contribution is 2.11. The quantitative estimate of drug-likeness (QED) is 0.783. The first-order valence-electron chi connectivity index (χ1n) is 3.92. The van der Waals surface area contributed by atoms with Crippen molar-refractivity contribution >= 4 is 10.0 Å². The van der Waals surface area contributed by atoms with Crippen LogP contribution in [-0.4, -0.2) is 26.3 Å². The molecule has 0 aliphatic heterocycles. The Kier molecular flexibility index (Phi) is 5.42. The summed E-state index contributed by atoms with van der Waals surface area (Å²) in [7, 11) is -3.50. The molecule has 0 unspecified atom stereocenters. The minimum absolute atomic E-state index is 0.148. The van der Waals surface area contributed by atoms with Gasteiger partial charge in [-0.15, -0.1) is 0 Å². The zero-order valence-corrected chi connectivity index (χ0v) is 8.79. The second kappa shape index (κ2) is 5.83. The lowest BCUT2D eigenvalue weighted by Crippen LogP contribution is -2.12. The van der Waals surface area contributed by atoms with Crippen LogP contribution in [0.15, 0.2) is 35.2 Å². The van der Waals surface area contributed by atoms with Gasteiger partial charge >= 0.3 is 6.18 Å². The molecule has 0 bridgehead atoms. The van der Waals surface area contributed by atoms with Crippen molar-refractivity contribution in [2.24, 2.45) is 5.14 Å². The molecule has 0 aromatic heterocycles. The number of primary sulfonamides is 1. The minimum atomic E-state index is -4.40. The molecule has 0 fully saturated rings. The van der Waals surface area contributed by atoms with Crippen LogP contribution in [0.4, 0.5) is 13.2 Å². The van der Waals surface area contributed by atoms with E-state index in [1.807, 2.05) is 0 Å². The smallest absolute Gasteiger partial charge is 0.387 e. The van der Waals surface area contributed by atoms with Gasteiger partial charge in [0.25, 0.3) is 0 Å². The lowest BCUT2D eigenvalue weighted by Gasteiger charge is -1.95. The molecule has 3 N–H and O–H groups in total. The molecule has 1 aromatic rings. The van der Waals surface area contributed by atoms with E-state index in [1.165, 1.54) is 12.1 Å². The molecule has 0 radical (unpaired) electrons. The number of aliphatic hydroxyl groups excluding tert-OH is 1. The fraction of sp³-hybridized carbons (Fsp3) is 0.250. The van der Waals surface area contributed by atoms with E-state index >= 15 is 0 Å². The number of alkyl halides is 3. The minimum Gasteiger partial charge on any atom is -0.387 e. The standard InChI is InChI=1S/C6H7NO2S.C2H3F3O/c7-10(8,9)6-4-2-1-3-5-6;3-2(4,5)1-6/h1-5H,(H2,7,8,9);6H,1H2. The molecule has 92 valence electrons. The molecule has 8 heteroatoms. The molecule has 0 saturated carbocycles. The van der Waals surface area contributed by atoms with Crippen LogP contribution in [-0.2, 0) is 10.0 Å². The SMILES string of the molecule is NS(=O)(=O)c1ccccc1.OCC(F)(F)F. The lowest BCUT2D eigenvalue weighted by molar-refractivity contribution is -0.159. The number of nitrogens with two attached hydrogens (primary N) is 1. The highest BCUT2D eigenvalue weighted by molar-refractivity contribution is 7.89. The molecule has 0 heterocycles. The first-order chi connectivity index (χ1) is 7.17. The normalized spacial score (nSPS) is 11.6. The van der Waals surface area contributed by atoms with Crippen molar-refractivity contribution in [3.63, 3.8) is 0 Å². The number of sulfonamides is 1. The van der Waals surface area contributed by atoms with Crippen molar-refractivity contribution in [1.29, 1.82) is 0 Å². The van der Waals surface area contributed by atoms with Crippen molar-refractivity contribution in [2.45, 2.75) is 11.1 Å². The van der Waals surface area contributed by atoms with E-state index in [-0.39, 0.29) is 4.90 Å². The summed E-state index contributed by atoms with van der Waals surface area (Å²) in [5.74, 6) is 0. The summed E-state index contributed by atoms with van der Waals surface area (Å²) >= 11 is 0. The molecule has 0 saturated heterocycles. The topological polar surface area (TPSA) is 80.4 Å². The first-order valence-corrected chi connectivity index (χ1v) is 5.47. The summed E-state index contributed by atoms with van der Waals surface area (Å²) in [6.45, 7) is -1.73. The monoisotopic (exact) mass is 257 g/mol. The summed E-state index contributed by atoms with van der Waals surface area (Å²) in [5, 5.41) is 12.1. The Morgan fingerprint density at radius 3 is 1.75 bits per heavy atom. The van der Waals surface area contributed by atoms with Gasteiger partial charge in [-0.2, -0.15) is 13.2 Å². The largest absolute Gasteiger partial charge is 0.411 e. The molecule has 0 aliphatic carbocycles. The van der Waals surface area contributed by atoms with E-state index in [2.05, 4.69) is 0 Å². The van der Waals surface area contributed by atoms with E-state index < -0.39 is 22.8 Å². The first kappa shape index (κ1) is 14.9. The maximum Gasteiger partial charge on any atom is 0.411 e. The molecule has 0 amide bonds. The van der Waals surface area contributed by atoms with Crippen molar-refractivity contribution < 1.29 is 26.7 Å². The maximum atomic E-state index is 10.6. The van der Waals surface area contributed by atoms with Gasteiger partial charge in [-0.25, -0.2) is 13.6 Å². The Bertz CT molecular complexity index is 402. The van der Waals surface area contributed by atoms with Gasteiger partial charge in [-0.3, -0.25) is 0 Å². The Labute approximate surface area is 90.6 Å². The zero-order chi connectivity index (χ0) is 12.8. The average molecular weight is 257 g/mol. The number of rotatable bonds is 1. The van der Waals surface area contributed by atoms with E-state index in [1.54, 1.807) is 18.2 Å². The number of halogens is 3.